The van der Waals surface area contributed by atoms with Gasteiger partial charge in [0.25, 0.3) is 0 Å². The second-order valence-electron chi connectivity index (χ2n) is 8.86. The van der Waals surface area contributed by atoms with Gasteiger partial charge < -0.3 is 11.1 Å². The Balaban J connectivity index is 2.19. The minimum absolute atomic E-state index is 0.0784. The smallest absolute Gasteiger partial charge is 0.0761 e. The van der Waals surface area contributed by atoms with Crippen LogP contribution >= 0.6 is 0 Å². The van der Waals surface area contributed by atoms with Crippen molar-refractivity contribution in [1.29, 1.82) is 0 Å². The lowest BCUT2D eigenvalue weighted by molar-refractivity contribution is 0.0968. The van der Waals surface area contributed by atoms with Gasteiger partial charge >= 0.3 is 0 Å². The highest BCUT2D eigenvalue weighted by atomic mass is 15.1. The summed E-state index contributed by atoms with van der Waals surface area (Å²) >= 11 is 0. The highest BCUT2D eigenvalue weighted by Gasteiger charge is 2.50. The molecule has 29 heavy (non-hydrogen) atoms. The summed E-state index contributed by atoms with van der Waals surface area (Å²) in [5, 5.41) is 3.58. The Kier molecular flexibility index (Phi) is 9.39. The minimum atomic E-state index is -0.405. The number of rotatable bonds is 13. The average Bonchev–Trinajstić information content (AvgIpc) is 2.75. The highest BCUT2D eigenvalue weighted by Crippen LogP contribution is 2.46. The van der Waals surface area contributed by atoms with Crippen LogP contribution in [0.4, 0.5) is 0 Å². The number of aryl methyl sites for hydroxylation is 1. The summed E-state index contributed by atoms with van der Waals surface area (Å²) < 4.78 is 0. The van der Waals surface area contributed by atoms with Gasteiger partial charge in [0.1, 0.15) is 0 Å². The van der Waals surface area contributed by atoms with Crippen molar-refractivity contribution in [3.8, 4) is 0 Å². The van der Waals surface area contributed by atoms with Crippen LogP contribution in [0.2, 0.25) is 0 Å². The van der Waals surface area contributed by atoms with Gasteiger partial charge in [0.05, 0.1) is 5.66 Å². The second-order valence-corrected chi connectivity index (χ2v) is 8.86. The minimum Gasteiger partial charge on any atom is -0.313 e. The summed E-state index contributed by atoms with van der Waals surface area (Å²) in [7, 11) is 2.05. The van der Waals surface area contributed by atoms with Crippen molar-refractivity contribution in [3.05, 3.63) is 71.8 Å². The zero-order valence-corrected chi connectivity index (χ0v) is 19.1. The molecule has 2 unspecified atom stereocenters. The fourth-order valence-corrected chi connectivity index (χ4v) is 5.08. The van der Waals surface area contributed by atoms with Gasteiger partial charge in [-0.2, -0.15) is 0 Å². The molecule has 0 fully saturated rings. The maximum Gasteiger partial charge on any atom is 0.0761 e. The molecule has 2 heteroatoms. The topological polar surface area (TPSA) is 38.0 Å². The molecule has 3 N–H and O–H groups in total. The van der Waals surface area contributed by atoms with Crippen LogP contribution in [0.5, 0.6) is 0 Å². The molecule has 0 aliphatic carbocycles. The van der Waals surface area contributed by atoms with E-state index in [1.54, 1.807) is 0 Å². The third-order valence-corrected chi connectivity index (χ3v) is 6.82. The summed E-state index contributed by atoms with van der Waals surface area (Å²) in [5.74, 6) is 0.452. The van der Waals surface area contributed by atoms with Gasteiger partial charge in [-0.15, -0.1) is 0 Å². The Labute approximate surface area is 179 Å². The molecule has 0 spiro atoms. The summed E-state index contributed by atoms with van der Waals surface area (Å²) in [5.41, 5.74) is 9.53. The molecule has 0 heterocycles. The SMILES string of the molecule is CCCCC(N)(NC)C(CCCCCc1ccccc1)(c1ccccc1)C(C)C. The molecule has 0 aliphatic rings. The van der Waals surface area contributed by atoms with E-state index in [-0.39, 0.29) is 5.41 Å². The normalized spacial score (nSPS) is 15.8. The molecule has 2 atom stereocenters. The number of nitrogens with one attached hydrogen (secondary N) is 1. The monoisotopic (exact) mass is 394 g/mol. The van der Waals surface area contributed by atoms with Crippen molar-refractivity contribution >= 4 is 0 Å². The van der Waals surface area contributed by atoms with Crippen LogP contribution < -0.4 is 11.1 Å². The van der Waals surface area contributed by atoms with Gasteiger partial charge in [0.15, 0.2) is 0 Å². The number of nitrogens with two attached hydrogens (primary N) is 1. The predicted octanol–water partition coefficient (Wildman–Crippen LogP) is 6.45. The predicted molar refractivity (Wildman–Crippen MR) is 127 cm³/mol. The van der Waals surface area contributed by atoms with Crippen LogP contribution in [-0.4, -0.2) is 12.7 Å². The second kappa shape index (κ2) is 11.5. The standard InChI is InChI=1S/C27H42N2/c1-5-6-22-27(28,29-4)26(23(2)3,25-19-13-8-14-20-25)21-15-9-12-18-24-16-10-7-11-17-24/h7-8,10-11,13-14,16-17,19-20,23,29H,5-6,9,12,15,18,21-22,28H2,1-4H3. The summed E-state index contributed by atoms with van der Waals surface area (Å²) in [4.78, 5) is 0. The molecule has 0 aliphatic heterocycles. The van der Waals surface area contributed by atoms with Crippen molar-refractivity contribution in [2.75, 3.05) is 7.05 Å². The van der Waals surface area contributed by atoms with Crippen LogP contribution in [0.3, 0.4) is 0 Å². The molecular weight excluding hydrogens is 352 g/mol. The molecule has 0 bridgehead atoms. The van der Waals surface area contributed by atoms with Crippen molar-refractivity contribution < 1.29 is 0 Å². The number of benzene rings is 2. The first kappa shape index (κ1) is 23.6. The molecule has 2 aromatic rings. The lowest BCUT2D eigenvalue weighted by Crippen LogP contribution is -2.68. The van der Waals surface area contributed by atoms with Gasteiger partial charge in [0, 0.05) is 5.41 Å². The summed E-state index contributed by atoms with van der Waals surface area (Å²) in [6.45, 7) is 6.95. The molecule has 0 saturated carbocycles. The lowest BCUT2D eigenvalue weighted by Gasteiger charge is -2.52. The molecule has 0 aromatic heterocycles. The number of likely N-dealkylation sites (N-methyl/N-ethyl adjacent to an activating group) is 1. The first-order valence-corrected chi connectivity index (χ1v) is 11.6. The van der Waals surface area contributed by atoms with E-state index >= 15 is 0 Å². The van der Waals surface area contributed by atoms with Gasteiger partial charge in [-0.25, -0.2) is 0 Å². The Hall–Kier alpha value is -1.64. The largest absolute Gasteiger partial charge is 0.313 e. The van der Waals surface area contributed by atoms with E-state index in [4.69, 9.17) is 5.73 Å². The average molecular weight is 395 g/mol. The Bertz CT molecular complexity index is 682. The summed E-state index contributed by atoms with van der Waals surface area (Å²) in [6, 6.07) is 21.8. The third kappa shape index (κ3) is 5.71. The van der Waals surface area contributed by atoms with Crippen LogP contribution in [0.15, 0.2) is 60.7 Å². The fourth-order valence-electron chi connectivity index (χ4n) is 5.08. The number of hydrogen-bond donors (Lipinski definition) is 2. The Morgan fingerprint density at radius 1 is 0.828 bits per heavy atom. The third-order valence-electron chi connectivity index (χ3n) is 6.82. The molecule has 2 aromatic carbocycles. The van der Waals surface area contributed by atoms with Crippen LogP contribution in [0, 0.1) is 5.92 Å². The van der Waals surface area contributed by atoms with E-state index in [1.165, 1.54) is 36.8 Å². The Morgan fingerprint density at radius 2 is 1.45 bits per heavy atom. The zero-order valence-electron chi connectivity index (χ0n) is 19.1. The zero-order chi connectivity index (χ0) is 21.2. The fraction of sp³-hybridized carbons (Fsp3) is 0.556. The molecular formula is C27H42N2. The number of unbranched alkanes of at least 4 members (excludes halogenated alkanes) is 3. The molecule has 160 valence electrons. The van der Waals surface area contributed by atoms with E-state index < -0.39 is 5.66 Å². The van der Waals surface area contributed by atoms with E-state index in [0.29, 0.717) is 5.92 Å². The quantitative estimate of drug-likeness (QED) is 0.303. The van der Waals surface area contributed by atoms with Crippen molar-refractivity contribution in [2.24, 2.45) is 11.7 Å². The van der Waals surface area contributed by atoms with Gasteiger partial charge in [0.2, 0.25) is 0 Å². The van der Waals surface area contributed by atoms with Crippen molar-refractivity contribution in [2.45, 2.75) is 83.2 Å². The highest BCUT2D eigenvalue weighted by molar-refractivity contribution is 5.31. The molecule has 0 saturated heterocycles. The first-order chi connectivity index (χ1) is 14.0. The van der Waals surface area contributed by atoms with Crippen LogP contribution in [-0.2, 0) is 11.8 Å². The van der Waals surface area contributed by atoms with E-state index in [1.807, 2.05) is 7.05 Å². The summed E-state index contributed by atoms with van der Waals surface area (Å²) in [6.07, 6.45) is 9.26. The molecule has 0 amide bonds. The van der Waals surface area contributed by atoms with Gasteiger partial charge in [-0.1, -0.05) is 107 Å². The van der Waals surface area contributed by atoms with E-state index in [9.17, 15) is 0 Å². The van der Waals surface area contributed by atoms with Crippen LogP contribution in [0.25, 0.3) is 0 Å². The molecule has 0 radical (unpaired) electrons. The van der Waals surface area contributed by atoms with Crippen molar-refractivity contribution in [1.82, 2.24) is 5.32 Å². The van der Waals surface area contributed by atoms with Crippen molar-refractivity contribution in [3.63, 3.8) is 0 Å². The maximum atomic E-state index is 7.19. The molecule has 2 rings (SSSR count). The van der Waals surface area contributed by atoms with E-state index in [0.717, 1.165) is 25.7 Å². The van der Waals surface area contributed by atoms with Crippen LogP contribution in [0.1, 0.15) is 76.8 Å². The first-order valence-electron chi connectivity index (χ1n) is 11.6. The lowest BCUT2D eigenvalue weighted by atomic mass is 9.59. The molecule has 2 nitrogen and oxygen atoms in total. The maximum absolute atomic E-state index is 7.19. The van der Waals surface area contributed by atoms with Gasteiger partial charge in [-0.3, -0.25) is 0 Å². The van der Waals surface area contributed by atoms with Gasteiger partial charge in [-0.05, 0) is 49.8 Å². The van der Waals surface area contributed by atoms with E-state index in [2.05, 4.69) is 86.8 Å². The Morgan fingerprint density at radius 3 is 2.00 bits per heavy atom. The number of hydrogen-bond acceptors (Lipinski definition) is 2.